The van der Waals surface area contributed by atoms with Crippen molar-refractivity contribution in [1.29, 1.82) is 0 Å². The summed E-state index contributed by atoms with van der Waals surface area (Å²) in [6.45, 7) is 5.32. The molecule has 102 valence electrons. The fourth-order valence-electron chi connectivity index (χ4n) is 1.74. The third-order valence-corrected chi connectivity index (χ3v) is 4.11. The molecule has 0 saturated heterocycles. The van der Waals surface area contributed by atoms with Crippen molar-refractivity contribution in [2.45, 2.75) is 38.8 Å². The third kappa shape index (κ3) is 4.26. The van der Waals surface area contributed by atoms with Crippen LogP contribution in [-0.2, 0) is 6.54 Å². The van der Waals surface area contributed by atoms with Crippen molar-refractivity contribution in [2.24, 2.45) is 0 Å². The highest BCUT2D eigenvalue weighted by Crippen LogP contribution is 2.22. The maximum Gasteiger partial charge on any atom is 0.119 e. The van der Waals surface area contributed by atoms with Crippen molar-refractivity contribution in [1.82, 2.24) is 5.32 Å². The molecule has 2 N–H and O–H groups in total. The van der Waals surface area contributed by atoms with E-state index in [0.717, 1.165) is 28.6 Å². The fourth-order valence-corrected chi connectivity index (χ4v) is 2.13. The average molecular weight is 316 g/mol. The number of nitrogens with one attached hydrogen (secondary N) is 1. The first-order valence-corrected chi connectivity index (χ1v) is 7.09. The molecule has 0 aliphatic rings. The number of methoxy groups -OCH3 is 1. The normalized spacial score (nSPS) is 11.6. The average Bonchev–Trinajstić information content (AvgIpc) is 2.40. The van der Waals surface area contributed by atoms with Crippen LogP contribution in [-0.4, -0.2) is 24.4 Å². The van der Waals surface area contributed by atoms with Gasteiger partial charge < -0.3 is 15.2 Å². The summed E-state index contributed by atoms with van der Waals surface area (Å²) >= 11 is 3.52. The van der Waals surface area contributed by atoms with Crippen molar-refractivity contribution in [3.05, 3.63) is 28.2 Å². The van der Waals surface area contributed by atoms with Gasteiger partial charge in [-0.05, 0) is 36.6 Å². The molecule has 0 saturated carbocycles. The van der Waals surface area contributed by atoms with Crippen LogP contribution in [0, 0.1) is 0 Å². The largest absolute Gasteiger partial charge is 0.497 e. The molecule has 0 spiro atoms. The summed E-state index contributed by atoms with van der Waals surface area (Å²) in [5.74, 6) is 0.844. The maximum absolute atomic E-state index is 10.2. The van der Waals surface area contributed by atoms with E-state index in [0.29, 0.717) is 13.1 Å². The topological polar surface area (TPSA) is 41.5 Å². The Balaban J connectivity index is 2.58. The molecule has 1 aromatic rings. The predicted octanol–water partition coefficient (Wildman–Crippen LogP) is 3.10. The van der Waals surface area contributed by atoms with Gasteiger partial charge in [0.25, 0.3) is 0 Å². The van der Waals surface area contributed by atoms with E-state index >= 15 is 0 Å². The van der Waals surface area contributed by atoms with Gasteiger partial charge in [-0.25, -0.2) is 0 Å². The Morgan fingerprint density at radius 2 is 2.00 bits per heavy atom. The van der Waals surface area contributed by atoms with Crippen molar-refractivity contribution < 1.29 is 9.84 Å². The first-order chi connectivity index (χ1) is 8.54. The van der Waals surface area contributed by atoms with E-state index < -0.39 is 5.60 Å². The Kier molecular flexibility index (Phi) is 6.12. The molecule has 18 heavy (non-hydrogen) atoms. The molecular formula is C14H22BrNO2. The van der Waals surface area contributed by atoms with Gasteiger partial charge in [-0.15, -0.1) is 0 Å². The molecule has 0 aromatic heterocycles. The highest BCUT2D eigenvalue weighted by Gasteiger charge is 2.21. The summed E-state index contributed by atoms with van der Waals surface area (Å²) in [5.41, 5.74) is 0.523. The summed E-state index contributed by atoms with van der Waals surface area (Å²) in [5, 5.41) is 13.5. The number of hydrogen-bond donors (Lipinski definition) is 2. The van der Waals surface area contributed by atoms with E-state index in [-0.39, 0.29) is 0 Å². The van der Waals surface area contributed by atoms with E-state index in [1.165, 1.54) is 0 Å². The van der Waals surface area contributed by atoms with E-state index in [9.17, 15) is 5.11 Å². The monoisotopic (exact) mass is 315 g/mol. The second-order valence-electron chi connectivity index (χ2n) is 4.49. The quantitative estimate of drug-likeness (QED) is 0.812. The van der Waals surface area contributed by atoms with Crippen molar-refractivity contribution in [3.8, 4) is 5.75 Å². The zero-order valence-corrected chi connectivity index (χ0v) is 12.9. The van der Waals surface area contributed by atoms with Gasteiger partial charge in [0, 0.05) is 17.6 Å². The van der Waals surface area contributed by atoms with E-state index in [2.05, 4.69) is 21.2 Å². The van der Waals surface area contributed by atoms with Crippen molar-refractivity contribution >= 4 is 15.9 Å². The standard InChI is InChI=1S/C14H22BrNO2/c1-4-14(17,5-2)10-16-9-11-8-12(18-3)6-7-13(11)15/h6-8,16-17H,4-5,9-10H2,1-3H3. The molecule has 0 aliphatic carbocycles. The molecule has 1 aromatic carbocycles. The van der Waals surface area contributed by atoms with Crippen LogP contribution < -0.4 is 10.1 Å². The fraction of sp³-hybridized carbons (Fsp3) is 0.571. The SMILES string of the molecule is CCC(O)(CC)CNCc1cc(OC)ccc1Br. The lowest BCUT2D eigenvalue weighted by molar-refractivity contribution is 0.0323. The number of halogens is 1. The second kappa shape index (κ2) is 7.12. The minimum absolute atomic E-state index is 0.601. The van der Waals surface area contributed by atoms with Gasteiger partial charge in [0.05, 0.1) is 12.7 Å². The molecule has 0 heterocycles. The van der Waals surface area contributed by atoms with Crippen LogP contribution in [0.15, 0.2) is 22.7 Å². The zero-order chi connectivity index (χ0) is 13.6. The Labute approximate surface area is 118 Å². The highest BCUT2D eigenvalue weighted by molar-refractivity contribution is 9.10. The van der Waals surface area contributed by atoms with Crippen LogP contribution in [0.5, 0.6) is 5.75 Å². The smallest absolute Gasteiger partial charge is 0.119 e. The second-order valence-corrected chi connectivity index (χ2v) is 5.35. The molecule has 0 atom stereocenters. The van der Waals surface area contributed by atoms with Gasteiger partial charge in [-0.1, -0.05) is 29.8 Å². The molecule has 3 nitrogen and oxygen atoms in total. The van der Waals surface area contributed by atoms with Crippen LogP contribution in [0.4, 0.5) is 0 Å². The Bertz CT molecular complexity index is 378. The maximum atomic E-state index is 10.2. The first kappa shape index (κ1) is 15.5. The van der Waals surface area contributed by atoms with Gasteiger partial charge in [0.15, 0.2) is 0 Å². The number of hydrogen-bond acceptors (Lipinski definition) is 3. The molecular weight excluding hydrogens is 294 g/mol. The van der Waals surface area contributed by atoms with Gasteiger partial charge in [-0.2, -0.15) is 0 Å². The molecule has 0 fully saturated rings. The van der Waals surface area contributed by atoms with Gasteiger partial charge in [-0.3, -0.25) is 0 Å². The zero-order valence-electron chi connectivity index (χ0n) is 11.3. The lowest BCUT2D eigenvalue weighted by atomic mass is 9.97. The van der Waals surface area contributed by atoms with E-state index in [4.69, 9.17) is 4.74 Å². The van der Waals surface area contributed by atoms with E-state index in [1.54, 1.807) is 7.11 Å². The van der Waals surface area contributed by atoms with Crippen LogP contribution >= 0.6 is 15.9 Å². The molecule has 0 amide bonds. The van der Waals surface area contributed by atoms with Crippen molar-refractivity contribution in [2.75, 3.05) is 13.7 Å². The number of ether oxygens (including phenoxy) is 1. The lowest BCUT2D eigenvalue weighted by Gasteiger charge is -2.25. The number of aliphatic hydroxyl groups is 1. The van der Waals surface area contributed by atoms with Crippen LogP contribution in [0.1, 0.15) is 32.3 Å². The first-order valence-electron chi connectivity index (χ1n) is 6.30. The van der Waals surface area contributed by atoms with Crippen LogP contribution in [0.3, 0.4) is 0 Å². The van der Waals surface area contributed by atoms with Gasteiger partial charge in [0.1, 0.15) is 5.75 Å². The van der Waals surface area contributed by atoms with Crippen LogP contribution in [0.25, 0.3) is 0 Å². The molecule has 1 rings (SSSR count). The van der Waals surface area contributed by atoms with Crippen LogP contribution in [0.2, 0.25) is 0 Å². The molecule has 0 radical (unpaired) electrons. The minimum atomic E-state index is -0.606. The summed E-state index contributed by atoms with van der Waals surface area (Å²) < 4.78 is 6.25. The minimum Gasteiger partial charge on any atom is -0.497 e. The molecule has 0 bridgehead atoms. The molecule has 4 heteroatoms. The molecule has 0 aliphatic heterocycles. The number of rotatable bonds is 7. The summed E-state index contributed by atoms with van der Waals surface area (Å²) in [4.78, 5) is 0. The molecule has 0 unspecified atom stereocenters. The van der Waals surface area contributed by atoms with Crippen molar-refractivity contribution in [3.63, 3.8) is 0 Å². The Hall–Kier alpha value is -0.580. The Morgan fingerprint density at radius 3 is 2.56 bits per heavy atom. The highest BCUT2D eigenvalue weighted by atomic mass is 79.9. The third-order valence-electron chi connectivity index (χ3n) is 3.34. The lowest BCUT2D eigenvalue weighted by Crippen LogP contribution is -2.39. The summed E-state index contributed by atoms with van der Waals surface area (Å²) in [6.07, 6.45) is 1.52. The van der Waals surface area contributed by atoms with Gasteiger partial charge >= 0.3 is 0 Å². The predicted molar refractivity (Wildman–Crippen MR) is 77.9 cm³/mol. The summed E-state index contributed by atoms with van der Waals surface area (Å²) in [6, 6.07) is 5.89. The van der Waals surface area contributed by atoms with E-state index in [1.807, 2.05) is 32.0 Å². The number of benzene rings is 1. The van der Waals surface area contributed by atoms with Gasteiger partial charge in [0.2, 0.25) is 0 Å². The Morgan fingerprint density at radius 1 is 1.33 bits per heavy atom. The summed E-state index contributed by atoms with van der Waals surface area (Å²) in [7, 11) is 1.66.